The van der Waals surface area contributed by atoms with Crippen molar-refractivity contribution in [3.05, 3.63) is 34.9 Å². The Kier molecular flexibility index (Phi) is 9.80. The van der Waals surface area contributed by atoms with E-state index in [0.717, 1.165) is 23.4 Å². The monoisotopic (exact) mass is 342 g/mol. The van der Waals surface area contributed by atoms with Crippen LogP contribution >= 0.6 is 11.6 Å². The molecule has 0 spiro atoms. The summed E-state index contributed by atoms with van der Waals surface area (Å²) in [6.07, 6.45) is 8.35. The molecular weight excluding hydrogens is 312 g/mol. The summed E-state index contributed by atoms with van der Waals surface area (Å²) in [6, 6.07) is 7.84. The maximum atomic E-state index is 6.41. The molecule has 0 bridgehead atoms. The molecule has 1 aromatic carbocycles. The standard InChI is InChI=1S/C19H31ClO3/c1-5-6-7-8-9-10-14-17(19(21-2,22-3)23-4)16-13-11-12-15-18(16)20/h11-13,15,17H,5-10,14H2,1-4H3. The first-order valence-electron chi connectivity index (χ1n) is 8.55. The van der Waals surface area contributed by atoms with Crippen LogP contribution in [0.25, 0.3) is 0 Å². The molecule has 132 valence electrons. The number of rotatable bonds is 12. The lowest BCUT2D eigenvalue weighted by atomic mass is 9.90. The van der Waals surface area contributed by atoms with E-state index < -0.39 is 5.97 Å². The predicted molar refractivity (Wildman–Crippen MR) is 95.9 cm³/mol. The number of methoxy groups -OCH3 is 3. The molecule has 3 nitrogen and oxygen atoms in total. The highest BCUT2D eigenvalue weighted by molar-refractivity contribution is 6.31. The van der Waals surface area contributed by atoms with E-state index in [0.29, 0.717) is 0 Å². The van der Waals surface area contributed by atoms with E-state index in [1.165, 1.54) is 32.1 Å². The van der Waals surface area contributed by atoms with Crippen LogP contribution in [0.1, 0.15) is 63.4 Å². The Bertz CT molecular complexity index is 424. The molecule has 4 heteroatoms. The first-order chi connectivity index (χ1) is 11.1. The summed E-state index contributed by atoms with van der Waals surface area (Å²) in [5.74, 6) is -1.17. The van der Waals surface area contributed by atoms with Gasteiger partial charge in [-0.3, -0.25) is 0 Å². The first kappa shape index (κ1) is 20.4. The minimum absolute atomic E-state index is 0.0672. The molecule has 0 heterocycles. The summed E-state index contributed by atoms with van der Waals surface area (Å²) in [6.45, 7) is 2.23. The number of ether oxygens (including phenoxy) is 3. The lowest BCUT2D eigenvalue weighted by molar-refractivity contribution is -0.365. The number of halogens is 1. The van der Waals surface area contributed by atoms with Crippen molar-refractivity contribution in [3.63, 3.8) is 0 Å². The van der Waals surface area contributed by atoms with Gasteiger partial charge in [0, 0.05) is 26.4 Å². The summed E-state index contributed by atoms with van der Waals surface area (Å²) < 4.78 is 16.8. The average Bonchev–Trinajstić information content (AvgIpc) is 2.58. The third-order valence-corrected chi connectivity index (χ3v) is 4.75. The van der Waals surface area contributed by atoms with Gasteiger partial charge in [-0.25, -0.2) is 0 Å². The van der Waals surface area contributed by atoms with Gasteiger partial charge in [-0.1, -0.05) is 75.2 Å². The fourth-order valence-electron chi connectivity index (χ4n) is 3.09. The van der Waals surface area contributed by atoms with E-state index in [9.17, 15) is 0 Å². The van der Waals surface area contributed by atoms with Gasteiger partial charge < -0.3 is 14.2 Å². The zero-order chi connectivity index (χ0) is 17.1. The second-order valence-corrected chi connectivity index (χ2v) is 6.25. The van der Waals surface area contributed by atoms with Gasteiger partial charge in [0.15, 0.2) is 0 Å². The van der Waals surface area contributed by atoms with Gasteiger partial charge in [-0.05, 0) is 18.1 Å². The average molecular weight is 343 g/mol. The van der Waals surface area contributed by atoms with Crippen LogP contribution in [0.3, 0.4) is 0 Å². The fourth-order valence-corrected chi connectivity index (χ4v) is 3.35. The molecule has 0 radical (unpaired) electrons. The molecule has 0 saturated carbocycles. The van der Waals surface area contributed by atoms with Crippen molar-refractivity contribution in [2.24, 2.45) is 0 Å². The number of hydrogen-bond acceptors (Lipinski definition) is 3. The van der Waals surface area contributed by atoms with Crippen LogP contribution in [-0.2, 0) is 14.2 Å². The molecule has 0 aliphatic rings. The summed E-state index contributed by atoms with van der Waals surface area (Å²) >= 11 is 6.41. The summed E-state index contributed by atoms with van der Waals surface area (Å²) in [4.78, 5) is 0. The lowest BCUT2D eigenvalue weighted by Crippen LogP contribution is -2.42. The molecule has 0 aromatic heterocycles. The van der Waals surface area contributed by atoms with Crippen molar-refractivity contribution in [2.75, 3.05) is 21.3 Å². The Labute approximate surface area is 146 Å². The molecule has 0 fully saturated rings. The van der Waals surface area contributed by atoms with Crippen molar-refractivity contribution >= 4 is 11.6 Å². The van der Waals surface area contributed by atoms with Crippen molar-refractivity contribution in [1.29, 1.82) is 0 Å². The highest BCUT2D eigenvalue weighted by Crippen LogP contribution is 2.40. The number of benzene rings is 1. The second-order valence-electron chi connectivity index (χ2n) is 5.85. The maximum Gasteiger partial charge on any atom is 0.289 e. The van der Waals surface area contributed by atoms with Crippen molar-refractivity contribution < 1.29 is 14.2 Å². The van der Waals surface area contributed by atoms with Gasteiger partial charge in [-0.15, -0.1) is 0 Å². The molecule has 1 unspecified atom stereocenters. The summed E-state index contributed by atoms with van der Waals surface area (Å²) in [5.41, 5.74) is 1.01. The second kappa shape index (κ2) is 11.0. The Morgan fingerprint density at radius 2 is 1.48 bits per heavy atom. The van der Waals surface area contributed by atoms with E-state index in [4.69, 9.17) is 25.8 Å². The smallest absolute Gasteiger partial charge is 0.289 e. The largest absolute Gasteiger partial charge is 0.330 e. The minimum atomic E-state index is -1.10. The zero-order valence-electron chi connectivity index (χ0n) is 14.9. The van der Waals surface area contributed by atoms with Crippen LogP contribution < -0.4 is 0 Å². The zero-order valence-corrected chi connectivity index (χ0v) is 15.7. The van der Waals surface area contributed by atoms with Crippen LogP contribution in [0.4, 0.5) is 0 Å². The predicted octanol–water partition coefficient (Wildman–Crippen LogP) is 5.77. The molecule has 0 N–H and O–H groups in total. The van der Waals surface area contributed by atoms with Crippen LogP contribution in [0, 0.1) is 0 Å². The maximum absolute atomic E-state index is 6.41. The van der Waals surface area contributed by atoms with Crippen molar-refractivity contribution in [3.8, 4) is 0 Å². The first-order valence-corrected chi connectivity index (χ1v) is 8.92. The van der Waals surface area contributed by atoms with Crippen LogP contribution in [0.2, 0.25) is 5.02 Å². The summed E-state index contributed by atoms with van der Waals surface area (Å²) in [5, 5.41) is 0.721. The highest BCUT2D eigenvalue weighted by Gasteiger charge is 2.41. The van der Waals surface area contributed by atoms with E-state index in [1.54, 1.807) is 21.3 Å². The Morgan fingerprint density at radius 3 is 2.04 bits per heavy atom. The molecular formula is C19H31ClO3. The molecule has 0 aliphatic heterocycles. The molecule has 23 heavy (non-hydrogen) atoms. The molecule has 0 amide bonds. The van der Waals surface area contributed by atoms with Crippen molar-refractivity contribution in [2.45, 2.75) is 63.8 Å². The minimum Gasteiger partial charge on any atom is -0.330 e. The lowest BCUT2D eigenvalue weighted by Gasteiger charge is -2.37. The third kappa shape index (κ3) is 5.75. The normalized spacial score (nSPS) is 13.3. The molecule has 1 rings (SSSR count). The Balaban J connectivity index is 2.83. The van der Waals surface area contributed by atoms with Gasteiger partial charge in [0.25, 0.3) is 5.97 Å². The molecule has 1 aromatic rings. The summed E-state index contributed by atoms with van der Waals surface area (Å²) in [7, 11) is 4.83. The Morgan fingerprint density at radius 1 is 0.913 bits per heavy atom. The topological polar surface area (TPSA) is 27.7 Å². The van der Waals surface area contributed by atoms with Gasteiger partial charge in [0.1, 0.15) is 0 Å². The van der Waals surface area contributed by atoms with Gasteiger partial charge in [0.2, 0.25) is 0 Å². The van der Waals surface area contributed by atoms with Gasteiger partial charge in [-0.2, -0.15) is 0 Å². The van der Waals surface area contributed by atoms with Gasteiger partial charge >= 0.3 is 0 Å². The van der Waals surface area contributed by atoms with Crippen molar-refractivity contribution in [1.82, 2.24) is 0 Å². The Hall–Kier alpha value is -0.610. The SMILES string of the molecule is CCCCCCCCC(c1ccccc1Cl)C(OC)(OC)OC. The van der Waals surface area contributed by atoms with Gasteiger partial charge in [0.05, 0.1) is 5.92 Å². The quantitative estimate of drug-likeness (QED) is 0.356. The van der Waals surface area contributed by atoms with E-state index in [2.05, 4.69) is 6.92 Å². The van der Waals surface area contributed by atoms with E-state index in [1.807, 2.05) is 24.3 Å². The van der Waals surface area contributed by atoms with E-state index >= 15 is 0 Å². The molecule has 0 aliphatic carbocycles. The number of hydrogen-bond donors (Lipinski definition) is 0. The molecule has 1 atom stereocenters. The number of unbranched alkanes of at least 4 members (excludes halogenated alkanes) is 5. The third-order valence-electron chi connectivity index (χ3n) is 4.41. The van der Waals surface area contributed by atoms with Crippen LogP contribution in [0.5, 0.6) is 0 Å². The fraction of sp³-hybridized carbons (Fsp3) is 0.684. The highest BCUT2D eigenvalue weighted by atomic mass is 35.5. The van der Waals surface area contributed by atoms with E-state index in [-0.39, 0.29) is 5.92 Å². The van der Waals surface area contributed by atoms with Crippen LogP contribution in [0.15, 0.2) is 24.3 Å². The molecule has 0 saturated heterocycles. The van der Waals surface area contributed by atoms with Crippen LogP contribution in [-0.4, -0.2) is 27.3 Å².